The van der Waals surface area contributed by atoms with Crippen LogP contribution in [0.3, 0.4) is 0 Å². The molecule has 2 nitrogen and oxygen atoms in total. The van der Waals surface area contributed by atoms with Crippen LogP contribution in [0.25, 0.3) is 0 Å². The summed E-state index contributed by atoms with van der Waals surface area (Å²) in [5.74, 6) is -0.557. The molecule has 0 atom stereocenters. The first kappa shape index (κ1) is 14.8. The van der Waals surface area contributed by atoms with Crippen molar-refractivity contribution in [2.45, 2.75) is 6.42 Å². The molecule has 0 saturated carbocycles. The Kier molecular flexibility index (Phi) is 4.99. The Hall–Kier alpha value is -1.58. The van der Waals surface area contributed by atoms with Gasteiger partial charge in [0.1, 0.15) is 5.82 Å². The zero-order valence-corrected chi connectivity index (χ0v) is 12.0. The van der Waals surface area contributed by atoms with E-state index < -0.39 is 0 Å². The minimum absolute atomic E-state index is 0.271. The van der Waals surface area contributed by atoms with Crippen LogP contribution in [0.5, 0.6) is 0 Å². The summed E-state index contributed by atoms with van der Waals surface area (Å²) in [7, 11) is 0. The highest BCUT2D eigenvalue weighted by atomic mass is 35.5. The summed E-state index contributed by atoms with van der Waals surface area (Å²) in [6.07, 6.45) is 0.423. The molecule has 0 saturated heterocycles. The Morgan fingerprint density at radius 3 is 2.40 bits per heavy atom. The molecular formula is C15H12Cl2FNO. The normalized spacial score (nSPS) is 10.3. The van der Waals surface area contributed by atoms with Crippen LogP contribution in [0, 0.1) is 5.82 Å². The van der Waals surface area contributed by atoms with Gasteiger partial charge in [0, 0.05) is 22.2 Å². The van der Waals surface area contributed by atoms with Crippen molar-refractivity contribution in [1.29, 1.82) is 0 Å². The Morgan fingerprint density at radius 1 is 1.10 bits per heavy atom. The number of rotatable bonds is 4. The molecule has 0 aromatic heterocycles. The summed E-state index contributed by atoms with van der Waals surface area (Å²) in [6, 6.07) is 11.1. The molecule has 0 fully saturated rings. The van der Waals surface area contributed by atoms with Gasteiger partial charge in [0.2, 0.25) is 0 Å². The third-order valence-electron chi connectivity index (χ3n) is 2.76. The zero-order valence-electron chi connectivity index (χ0n) is 10.5. The van der Waals surface area contributed by atoms with Crippen molar-refractivity contribution in [3.8, 4) is 0 Å². The van der Waals surface area contributed by atoms with Gasteiger partial charge >= 0.3 is 0 Å². The van der Waals surface area contributed by atoms with Crippen LogP contribution >= 0.6 is 23.2 Å². The van der Waals surface area contributed by atoms with Crippen molar-refractivity contribution in [2.24, 2.45) is 0 Å². The Balaban J connectivity index is 1.94. The van der Waals surface area contributed by atoms with E-state index in [1.807, 2.05) is 0 Å². The van der Waals surface area contributed by atoms with E-state index >= 15 is 0 Å². The number of nitrogens with one attached hydrogen (secondary N) is 1. The predicted octanol–water partition coefficient (Wildman–Crippen LogP) is 4.11. The van der Waals surface area contributed by atoms with Gasteiger partial charge in [-0.15, -0.1) is 0 Å². The van der Waals surface area contributed by atoms with E-state index in [1.54, 1.807) is 24.3 Å². The average Bonchev–Trinajstić information content (AvgIpc) is 2.39. The molecule has 1 amide bonds. The first-order valence-corrected chi connectivity index (χ1v) is 6.79. The molecular weight excluding hydrogens is 300 g/mol. The number of hydrogen-bond donors (Lipinski definition) is 1. The molecule has 0 bridgehead atoms. The van der Waals surface area contributed by atoms with Crippen molar-refractivity contribution in [3.63, 3.8) is 0 Å². The SMILES string of the molecule is O=C(NCCc1ccccc1F)c1cc(Cl)cc(Cl)c1. The standard InChI is InChI=1S/C15H12Cl2FNO/c16-12-7-11(8-13(17)9-12)15(20)19-6-5-10-3-1-2-4-14(10)18/h1-4,7-9H,5-6H2,(H,19,20). The number of amides is 1. The Morgan fingerprint density at radius 2 is 1.75 bits per heavy atom. The molecule has 0 spiro atoms. The molecule has 20 heavy (non-hydrogen) atoms. The molecule has 104 valence electrons. The lowest BCUT2D eigenvalue weighted by atomic mass is 10.1. The quantitative estimate of drug-likeness (QED) is 0.904. The van der Waals surface area contributed by atoms with Gasteiger partial charge in [0.15, 0.2) is 0 Å². The Bertz CT molecular complexity index is 611. The highest BCUT2D eigenvalue weighted by molar-refractivity contribution is 6.35. The summed E-state index contributed by atoms with van der Waals surface area (Å²) in [5, 5.41) is 3.51. The van der Waals surface area contributed by atoms with Crippen LogP contribution in [0.2, 0.25) is 10.0 Å². The second kappa shape index (κ2) is 6.73. The van der Waals surface area contributed by atoms with Crippen molar-refractivity contribution in [1.82, 2.24) is 5.32 Å². The third kappa shape index (κ3) is 3.95. The molecule has 2 aromatic rings. The molecule has 5 heteroatoms. The third-order valence-corrected chi connectivity index (χ3v) is 3.20. The second-order valence-electron chi connectivity index (χ2n) is 4.26. The average molecular weight is 312 g/mol. The van der Waals surface area contributed by atoms with E-state index in [2.05, 4.69) is 5.32 Å². The van der Waals surface area contributed by atoms with E-state index in [0.717, 1.165) is 0 Å². The van der Waals surface area contributed by atoms with E-state index in [1.165, 1.54) is 18.2 Å². The second-order valence-corrected chi connectivity index (χ2v) is 5.13. The highest BCUT2D eigenvalue weighted by Crippen LogP contribution is 2.18. The van der Waals surface area contributed by atoms with Crippen molar-refractivity contribution in [3.05, 3.63) is 69.5 Å². The van der Waals surface area contributed by atoms with Gasteiger partial charge in [-0.05, 0) is 36.2 Å². The van der Waals surface area contributed by atoms with Gasteiger partial charge in [-0.1, -0.05) is 41.4 Å². The lowest BCUT2D eigenvalue weighted by Gasteiger charge is -2.07. The molecule has 0 aliphatic heterocycles. The van der Waals surface area contributed by atoms with Crippen LogP contribution in [0.4, 0.5) is 4.39 Å². The van der Waals surface area contributed by atoms with E-state index in [0.29, 0.717) is 34.1 Å². The molecule has 2 aromatic carbocycles. The van der Waals surface area contributed by atoms with Crippen molar-refractivity contribution >= 4 is 29.1 Å². The van der Waals surface area contributed by atoms with Crippen molar-refractivity contribution < 1.29 is 9.18 Å². The van der Waals surface area contributed by atoms with Crippen molar-refractivity contribution in [2.75, 3.05) is 6.54 Å². The van der Waals surface area contributed by atoms with Gasteiger partial charge in [0.05, 0.1) is 0 Å². The van der Waals surface area contributed by atoms with E-state index in [4.69, 9.17) is 23.2 Å². The largest absolute Gasteiger partial charge is 0.352 e. The van der Waals surface area contributed by atoms with E-state index in [-0.39, 0.29) is 11.7 Å². The van der Waals surface area contributed by atoms with Gasteiger partial charge in [0.25, 0.3) is 5.91 Å². The van der Waals surface area contributed by atoms with Gasteiger partial charge in [-0.25, -0.2) is 4.39 Å². The minimum Gasteiger partial charge on any atom is -0.352 e. The summed E-state index contributed by atoms with van der Waals surface area (Å²) in [4.78, 5) is 11.9. The van der Waals surface area contributed by atoms with Gasteiger partial charge in [-0.3, -0.25) is 4.79 Å². The first-order valence-electron chi connectivity index (χ1n) is 6.04. The number of halogens is 3. The fraction of sp³-hybridized carbons (Fsp3) is 0.133. The topological polar surface area (TPSA) is 29.1 Å². The zero-order chi connectivity index (χ0) is 14.5. The summed E-state index contributed by atoms with van der Waals surface area (Å²) in [5.41, 5.74) is 0.952. The predicted molar refractivity (Wildman–Crippen MR) is 78.9 cm³/mol. The monoisotopic (exact) mass is 311 g/mol. The minimum atomic E-state index is -0.286. The molecule has 0 heterocycles. The fourth-order valence-electron chi connectivity index (χ4n) is 1.80. The number of carbonyl (C=O) groups excluding carboxylic acids is 1. The van der Waals surface area contributed by atoms with Crippen LogP contribution in [0.15, 0.2) is 42.5 Å². The van der Waals surface area contributed by atoms with Crippen LogP contribution in [0.1, 0.15) is 15.9 Å². The molecule has 0 aliphatic rings. The summed E-state index contributed by atoms with van der Waals surface area (Å²) >= 11 is 11.7. The maximum atomic E-state index is 13.4. The lowest BCUT2D eigenvalue weighted by Crippen LogP contribution is -2.25. The maximum Gasteiger partial charge on any atom is 0.251 e. The summed E-state index contributed by atoms with van der Waals surface area (Å²) < 4.78 is 13.4. The molecule has 0 aliphatic carbocycles. The van der Waals surface area contributed by atoms with Crippen LogP contribution in [-0.4, -0.2) is 12.5 Å². The van der Waals surface area contributed by atoms with Gasteiger partial charge < -0.3 is 5.32 Å². The molecule has 0 unspecified atom stereocenters. The van der Waals surface area contributed by atoms with Crippen LogP contribution in [-0.2, 0) is 6.42 Å². The smallest absolute Gasteiger partial charge is 0.251 e. The summed E-state index contributed by atoms with van der Waals surface area (Å²) in [6.45, 7) is 0.337. The first-order chi connectivity index (χ1) is 9.56. The molecule has 2 rings (SSSR count). The maximum absolute atomic E-state index is 13.4. The van der Waals surface area contributed by atoms with E-state index in [9.17, 15) is 9.18 Å². The van der Waals surface area contributed by atoms with Crippen LogP contribution < -0.4 is 5.32 Å². The fourth-order valence-corrected chi connectivity index (χ4v) is 2.32. The number of carbonyl (C=O) groups is 1. The highest BCUT2D eigenvalue weighted by Gasteiger charge is 2.08. The Labute approximate surface area is 126 Å². The number of benzene rings is 2. The van der Waals surface area contributed by atoms with Gasteiger partial charge in [-0.2, -0.15) is 0 Å². The number of hydrogen-bond acceptors (Lipinski definition) is 1. The molecule has 0 radical (unpaired) electrons. The molecule has 1 N–H and O–H groups in total. The lowest BCUT2D eigenvalue weighted by molar-refractivity contribution is 0.0954.